The molecule has 4 fully saturated rings. The molecule has 5 nitrogen and oxygen atoms in total. The summed E-state index contributed by atoms with van der Waals surface area (Å²) in [4.78, 5) is 15.8. The summed E-state index contributed by atoms with van der Waals surface area (Å²) in [6.07, 6.45) is 8.65. The van der Waals surface area contributed by atoms with E-state index in [4.69, 9.17) is 10.8 Å². The fraction of sp³-hybridized carbons (Fsp3) is 0.696. The predicted octanol–water partition coefficient (Wildman–Crippen LogP) is 3.84. The lowest BCUT2D eigenvalue weighted by Gasteiger charge is -2.28. The number of nitrogen functional groups attached to an aromatic ring is 1. The standard InChI is InChI=1S/C15H23N3.C8H12O2/c1-12-3-2-9-18(12)15-8-10-17(11-15)14-6-4-13(16)5-7-14;9-8(10)7-4-5-1-2-6(7)3-5/h4-7,12,15H,2-3,8-11,16H2,1H3;5-7H,1-4H2,(H,9,10)/t;5-,6+,7?/m.1/s1. The molecule has 2 bridgehead atoms. The number of fused-ring (bicyclic) bond motifs is 2. The van der Waals surface area contributed by atoms with E-state index in [1.807, 2.05) is 12.1 Å². The minimum Gasteiger partial charge on any atom is -0.481 e. The first-order valence-corrected chi connectivity index (χ1v) is 11.1. The molecule has 2 saturated heterocycles. The van der Waals surface area contributed by atoms with Gasteiger partial charge in [0.2, 0.25) is 0 Å². The largest absolute Gasteiger partial charge is 0.481 e. The number of aliphatic carboxylic acids is 1. The molecular weight excluding hydrogens is 350 g/mol. The molecule has 2 saturated carbocycles. The molecule has 0 spiro atoms. The zero-order chi connectivity index (χ0) is 19.7. The molecule has 2 heterocycles. The number of rotatable bonds is 3. The molecule has 3 N–H and O–H groups in total. The number of carboxylic acid groups (broad SMARTS) is 1. The number of benzene rings is 1. The van der Waals surface area contributed by atoms with Gasteiger partial charge in [0.15, 0.2) is 0 Å². The molecule has 0 amide bonds. The molecule has 2 aliphatic carbocycles. The fourth-order valence-electron chi connectivity index (χ4n) is 5.98. The van der Waals surface area contributed by atoms with Crippen LogP contribution in [0.25, 0.3) is 0 Å². The quantitative estimate of drug-likeness (QED) is 0.774. The van der Waals surface area contributed by atoms with Gasteiger partial charge in [-0.05, 0) is 88.1 Å². The van der Waals surface area contributed by atoms with Crippen molar-refractivity contribution in [1.82, 2.24) is 4.90 Å². The maximum absolute atomic E-state index is 10.6. The lowest BCUT2D eigenvalue weighted by Crippen LogP contribution is -2.39. The van der Waals surface area contributed by atoms with Gasteiger partial charge in [0.1, 0.15) is 0 Å². The van der Waals surface area contributed by atoms with Crippen molar-refractivity contribution in [2.75, 3.05) is 30.3 Å². The van der Waals surface area contributed by atoms with E-state index in [9.17, 15) is 4.79 Å². The molecule has 5 rings (SSSR count). The summed E-state index contributed by atoms with van der Waals surface area (Å²) < 4.78 is 0. The Kier molecular flexibility index (Phi) is 5.81. The van der Waals surface area contributed by atoms with Gasteiger partial charge in [-0.25, -0.2) is 0 Å². The topological polar surface area (TPSA) is 69.8 Å². The Morgan fingerprint density at radius 3 is 2.39 bits per heavy atom. The third kappa shape index (κ3) is 4.14. The van der Waals surface area contributed by atoms with Crippen LogP contribution in [0.4, 0.5) is 11.4 Å². The van der Waals surface area contributed by atoms with Crippen LogP contribution < -0.4 is 10.6 Å². The second-order valence-electron chi connectivity index (χ2n) is 9.33. The van der Waals surface area contributed by atoms with E-state index in [2.05, 4.69) is 28.9 Å². The molecule has 0 aromatic heterocycles. The van der Waals surface area contributed by atoms with Crippen LogP contribution in [0.15, 0.2) is 24.3 Å². The monoisotopic (exact) mass is 385 g/mol. The van der Waals surface area contributed by atoms with Gasteiger partial charge in [-0.1, -0.05) is 6.42 Å². The molecule has 2 aliphatic heterocycles. The second kappa shape index (κ2) is 8.32. The van der Waals surface area contributed by atoms with E-state index in [-0.39, 0.29) is 5.92 Å². The van der Waals surface area contributed by atoms with Crippen molar-refractivity contribution in [2.45, 2.75) is 64.0 Å². The molecule has 0 radical (unpaired) electrons. The number of hydrogen-bond donors (Lipinski definition) is 2. The molecule has 3 unspecified atom stereocenters. The minimum atomic E-state index is -0.563. The van der Waals surface area contributed by atoms with Crippen molar-refractivity contribution in [3.63, 3.8) is 0 Å². The molecule has 28 heavy (non-hydrogen) atoms. The normalized spacial score (nSPS) is 34.5. The Hall–Kier alpha value is -1.75. The van der Waals surface area contributed by atoms with Crippen LogP contribution in [0.3, 0.4) is 0 Å². The highest BCUT2D eigenvalue weighted by Crippen LogP contribution is 2.48. The van der Waals surface area contributed by atoms with Gasteiger partial charge < -0.3 is 15.7 Å². The molecular formula is C23H35N3O2. The second-order valence-corrected chi connectivity index (χ2v) is 9.33. The predicted molar refractivity (Wildman–Crippen MR) is 113 cm³/mol. The van der Waals surface area contributed by atoms with E-state index >= 15 is 0 Å². The van der Waals surface area contributed by atoms with E-state index in [1.165, 1.54) is 63.8 Å². The van der Waals surface area contributed by atoms with Crippen LogP contribution in [0.5, 0.6) is 0 Å². The Morgan fingerprint density at radius 2 is 1.86 bits per heavy atom. The van der Waals surface area contributed by atoms with E-state index in [0.29, 0.717) is 5.92 Å². The molecule has 1 aromatic carbocycles. The average Bonchev–Trinajstić information content (AvgIpc) is 3.47. The van der Waals surface area contributed by atoms with Gasteiger partial charge in [0, 0.05) is 36.5 Å². The van der Waals surface area contributed by atoms with Crippen molar-refractivity contribution >= 4 is 17.3 Å². The summed E-state index contributed by atoms with van der Waals surface area (Å²) in [5, 5.41) is 8.74. The summed E-state index contributed by atoms with van der Waals surface area (Å²) in [6.45, 7) is 6.02. The van der Waals surface area contributed by atoms with Crippen molar-refractivity contribution in [3.05, 3.63) is 24.3 Å². The Balaban J connectivity index is 0.000000162. The number of nitrogens with two attached hydrogens (primary N) is 1. The zero-order valence-electron chi connectivity index (χ0n) is 17.1. The number of hydrogen-bond acceptors (Lipinski definition) is 4. The third-order valence-electron chi connectivity index (χ3n) is 7.55. The van der Waals surface area contributed by atoms with Gasteiger partial charge in [0.25, 0.3) is 0 Å². The smallest absolute Gasteiger partial charge is 0.306 e. The zero-order valence-corrected chi connectivity index (χ0v) is 17.1. The lowest BCUT2D eigenvalue weighted by molar-refractivity contribution is -0.143. The fourth-order valence-corrected chi connectivity index (χ4v) is 5.98. The molecule has 154 valence electrons. The van der Waals surface area contributed by atoms with Crippen LogP contribution in [0, 0.1) is 17.8 Å². The molecule has 5 heteroatoms. The highest BCUT2D eigenvalue weighted by molar-refractivity contribution is 5.71. The molecule has 1 aromatic rings. The summed E-state index contributed by atoms with van der Waals surface area (Å²) in [7, 11) is 0. The van der Waals surface area contributed by atoms with Crippen molar-refractivity contribution in [3.8, 4) is 0 Å². The Labute approximate surface area is 168 Å². The van der Waals surface area contributed by atoms with Gasteiger partial charge >= 0.3 is 5.97 Å². The lowest BCUT2D eigenvalue weighted by atomic mass is 9.89. The minimum absolute atomic E-state index is 0.0127. The van der Waals surface area contributed by atoms with Crippen molar-refractivity contribution in [1.29, 1.82) is 0 Å². The average molecular weight is 386 g/mol. The number of carboxylic acids is 1. The van der Waals surface area contributed by atoms with Crippen molar-refractivity contribution < 1.29 is 9.90 Å². The SMILES string of the molecule is CC1CCCN1C1CCN(c2ccc(N)cc2)C1.O=C(O)C1C[C@@H]2CC[C@H]1C2. The summed E-state index contributed by atoms with van der Waals surface area (Å²) >= 11 is 0. The first-order chi connectivity index (χ1) is 13.5. The van der Waals surface area contributed by atoms with Crippen LogP contribution in [0.1, 0.15) is 51.9 Å². The van der Waals surface area contributed by atoms with Gasteiger partial charge in [0.05, 0.1) is 5.92 Å². The number of nitrogens with zero attached hydrogens (tertiary/aromatic N) is 2. The third-order valence-corrected chi connectivity index (χ3v) is 7.55. The Morgan fingerprint density at radius 1 is 1.07 bits per heavy atom. The van der Waals surface area contributed by atoms with E-state index in [0.717, 1.165) is 30.1 Å². The highest BCUT2D eigenvalue weighted by atomic mass is 16.4. The molecule has 4 aliphatic rings. The van der Waals surface area contributed by atoms with Crippen LogP contribution in [-0.2, 0) is 4.79 Å². The Bertz CT molecular complexity index is 677. The summed E-state index contributed by atoms with van der Waals surface area (Å²) in [5.41, 5.74) is 7.91. The number of carbonyl (C=O) groups is 1. The van der Waals surface area contributed by atoms with Gasteiger partial charge in [-0.15, -0.1) is 0 Å². The van der Waals surface area contributed by atoms with Gasteiger partial charge in [-0.3, -0.25) is 9.69 Å². The van der Waals surface area contributed by atoms with Crippen LogP contribution >= 0.6 is 0 Å². The number of anilines is 2. The van der Waals surface area contributed by atoms with Crippen LogP contribution in [0.2, 0.25) is 0 Å². The molecule has 5 atom stereocenters. The highest BCUT2D eigenvalue weighted by Gasteiger charge is 2.43. The van der Waals surface area contributed by atoms with Crippen molar-refractivity contribution in [2.24, 2.45) is 17.8 Å². The maximum Gasteiger partial charge on any atom is 0.306 e. The van der Waals surface area contributed by atoms with E-state index < -0.39 is 5.97 Å². The van der Waals surface area contributed by atoms with Crippen LogP contribution in [-0.4, -0.2) is 47.7 Å². The first-order valence-electron chi connectivity index (χ1n) is 11.1. The first kappa shape index (κ1) is 19.6. The maximum atomic E-state index is 10.6. The summed E-state index contributed by atoms with van der Waals surface area (Å²) in [6, 6.07) is 9.82. The van der Waals surface area contributed by atoms with Gasteiger partial charge in [-0.2, -0.15) is 0 Å². The summed E-state index contributed by atoms with van der Waals surface area (Å²) in [5.74, 6) is 0.736. The van der Waals surface area contributed by atoms with E-state index in [1.54, 1.807) is 0 Å². The number of likely N-dealkylation sites (tertiary alicyclic amines) is 1.